The summed E-state index contributed by atoms with van der Waals surface area (Å²) in [5.74, 6) is -5.21. The molecule has 0 aliphatic heterocycles. The van der Waals surface area contributed by atoms with E-state index in [0.29, 0.717) is 6.54 Å². The number of hydrogen-bond acceptors (Lipinski definition) is 4. The van der Waals surface area contributed by atoms with Gasteiger partial charge in [0.2, 0.25) is 0 Å². The number of carboxylic acid groups (broad SMARTS) is 3. The average Bonchev–Trinajstić information content (AvgIpc) is 2.95. The average molecular weight is 612 g/mol. The van der Waals surface area contributed by atoms with Gasteiger partial charge in [0.05, 0.1) is 26.2 Å². The van der Waals surface area contributed by atoms with Gasteiger partial charge in [-0.3, -0.25) is 9.59 Å². The van der Waals surface area contributed by atoms with Crippen LogP contribution in [0.15, 0.2) is 0 Å². The fraction of sp³-hybridized carbons (Fsp3) is 0.917. The van der Waals surface area contributed by atoms with Crippen molar-refractivity contribution in [3.05, 3.63) is 0 Å². The monoisotopic (exact) mass is 612 g/mol. The van der Waals surface area contributed by atoms with Crippen molar-refractivity contribution in [2.24, 2.45) is 17.8 Å². The Labute approximate surface area is 264 Å². The fourth-order valence-corrected chi connectivity index (χ4v) is 6.53. The van der Waals surface area contributed by atoms with Crippen LogP contribution in [0, 0.1) is 17.8 Å². The molecule has 3 atom stereocenters. The first-order chi connectivity index (χ1) is 20.5. The Kier molecular flexibility index (Phi) is 25.7. The highest BCUT2D eigenvalue weighted by atomic mass is 16.4. The highest BCUT2D eigenvalue weighted by Crippen LogP contribution is 2.22. The van der Waals surface area contributed by atoms with Crippen LogP contribution in [0.5, 0.6) is 0 Å². The van der Waals surface area contributed by atoms with Crippen LogP contribution in [0.3, 0.4) is 0 Å². The second kappa shape index (κ2) is 26.7. The van der Waals surface area contributed by atoms with Crippen molar-refractivity contribution in [3.63, 3.8) is 0 Å². The van der Waals surface area contributed by atoms with E-state index >= 15 is 0 Å². The predicted molar refractivity (Wildman–Crippen MR) is 175 cm³/mol. The second-order valence-electron chi connectivity index (χ2n) is 13.7. The van der Waals surface area contributed by atoms with E-state index in [1.807, 2.05) is 0 Å². The molecule has 0 bridgehead atoms. The molecular formula is C36H69NO6. The lowest BCUT2D eigenvalue weighted by atomic mass is 10.00. The van der Waals surface area contributed by atoms with Gasteiger partial charge in [-0.15, -0.1) is 0 Å². The zero-order valence-electron chi connectivity index (χ0n) is 28.6. The lowest BCUT2D eigenvalue weighted by molar-refractivity contribution is -0.934. The molecule has 2 N–H and O–H groups in total. The number of carbonyl (C=O) groups is 3. The minimum Gasteiger partial charge on any atom is -0.550 e. The fourth-order valence-electron chi connectivity index (χ4n) is 6.53. The number of rotatable bonds is 32. The molecule has 0 aromatic rings. The van der Waals surface area contributed by atoms with Gasteiger partial charge in [0.1, 0.15) is 11.8 Å². The van der Waals surface area contributed by atoms with Crippen LogP contribution >= 0.6 is 0 Å². The number of aliphatic carboxylic acids is 3. The van der Waals surface area contributed by atoms with E-state index in [-0.39, 0.29) is 24.1 Å². The third-order valence-electron chi connectivity index (χ3n) is 9.21. The Morgan fingerprint density at radius 1 is 0.488 bits per heavy atom. The molecule has 0 aliphatic rings. The summed E-state index contributed by atoms with van der Waals surface area (Å²) in [6.07, 6.45) is 28.8. The van der Waals surface area contributed by atoms with Crippen molar-refractivity contribution in [1.29, 1.82) is 0 Å². The molecule has 254 valence electrons. The van der Waals surface area contributed by atoms with Crippen LogP contribution in [-0.4, -0.2) is 58.8 Å². The summed E-state index contributed by atoms with van der Waals surface area (Å²) in [5, 5.41) is 30.6. The van der Waals surface area contributed by atoms with E-state index in [9.17, 15) is 29.7 Å². The Morgan fingerprint density at radius 3 is 1.00 bits per heavy atom. The Bertz CT molecular complexity index is 657. The summed E-state index contributed by atoms with van der Waals surface area (Å²) in [6, 6.07) is 0. The molecule has 0 radical (unpaired) electrons. The van der Waals surface area contributed by atoms with Crippen LogP contribution in [0.2, 0.25) is 0 Å². The number of carboxylic acids is 3. The van der Waals surface area contributed by atoms with Gasteiger partial charge >= 0.3 is 11.9 Å². The first-order valence-electron chi connectivity index (χ1n) is 18.1. The molecule has 7 nitrogen and oxygen atoms in total. The molecule has 0 heterocycles. The topological polar surface area (TPSA) is 115 Å². The van der Waals surface area contributed by atoms with Crippen LogP contribution in [0.25, 0.3) is 0 Å². The van der Waals surface area contributed by atoms with Gasteiger partial charge in [0.25, 0.3) is 0 Å². The molecule has 0 spiro atoms. The molecule has 0 saturated carbocycles. The molecule has 0 fully saturated rings. The second-order valence-corrected chi connectivity index (χ2v) is 13.7. The van der Waals surface area contributed by atoms with Crippen molar-refractivity contribution >= 4 is 17.9 Å². The minimum absolute atomic E-state index is 0.190. The maximum atomic E-state index is 11.6. The lowest BCUT2D eigenvalue weighted by Gasteiger charge is -2.43. The lowest BCUT2D eigenvalue weighted by Crippen LogP contribution is -2.58. The van der Waals surface area contributed by atoms with Crippen LogP contribution in [-0.2, 0) is 14.4 Å². The van der Waals surface area contributed by atoms with E-state index < -0.39 is 35.7 Å². The molecule has 0 saturated heterocycles. The zero-order chi connectivity index (χ0) is 32.3. The molecule has 43 heavy (non-hydrogen) atoms. The molecule has 7 heteroatoms. The summed E-state index contributed by atoms with van der Waals surface area (Å²) >= 11 is 0. The first-order valence-corrected chi connectivity index (χ1v) is 18.1. The van der Waals surface area contributed by atoms with Crippen molar-refractivity contribution in [2.45, 2.75) is 169 Å². The number of quaternary nitrogens is 1. The highest BCUT2D eigenvalue weighted by molar-refractivity contribution is 5.70. The van der Waals surface area contributed by atoms with Crippen molar-refractivity contribution in [1.82, 2.24) is 0 Å². The van der Waals surface area contributed by atoms with Gasteiger partial charge in [-0.25, -0.2) is 0 Å². The number of carbonyl (C=O) groups excluding carboxylic acids is 1. The summed E-state index contributed by atoms with van der Waals surface area (Å²) in [7, 11) is 0. The Balaban J connectivity index is 4.09. The van der Waals surface area contributed by atoms with Gasteiger partial charge in [-0.05, 0) is 26.7 Å². The number of unbranched alkanes of at least 4 members (excludes halogenated alkanes) is 21. The van der Waals surface area contributed by atoms with E-state index in [1.165, 1.54) is 122 Å². The van der Waals surface area contributed by atoms with Gasteiger partial charge in [0, 0.05) is 11.9 Å². The van der Waals surface area contributed by atoms with Crippen LogP contribution < -0.4 is 5.11 Å². The molecule has 3 unspecified atom stereocenters. The summed E-state index contributed by atoms with van der Waals surface area (Å²) in [6.45, 7) is 8.30. The molecule has 0 aromatic heterocycles. The van der Waals surface area contributed by atoms with Crippen LogP contribution in [0.4, 0.5) is 0 Å². The van der Waals surface area contributed by atoms with Gasteiger partial charge in [0.15, 0.2) is 0 Å². The maximum Gasteiger partial charge on any atom is 0.311 e. The van der Waals surface area contributed by atoms with E-state index in [2.05, 4.69) is 6.92 Å². The molecule has 0 amide bonds. The number of nitrogens with zero attached hydrogens (tertiary/aromatic N) is 1. The normalized spacial score (nSPS) is 15.1. The van der Waals surface area contributed by atoms with Gasteiger partial charge in [-0.2, -0.15) is 0 Å². The van der Waals surface area contributed by atoms with E-state index in [4.69, 9.17) is 0 Å². The summed E-state index contributed by atoms with van der Waals surface area (Å²) in [5.41, 5.74) is 0. The first kappa shape index (κ1) is 41.4. The molecular weight excluding hydrogens is 542 g/mol. The SMILES string of the molecule is CCCCCCCCCCCCCCCCCCCCCCCC[N+](CC(C)C(=O)[O-])(CC(C)C(=O)O)CC(C)C(=O)O. The van der Waals surface area contributed by atoms with E-state index in [1.54, 1.807) is 20.8 Å². The standard InChI is InChI=1S/C36H69NO6/c1-5-6-7-8-9-10-11-12-13-14-15-16-17-18-19-20-21-22-23-24-25-26-27-37(28-31(2)34(38)39,29-32(3)35(40)41)30-33(4)36(42)43/h31-33H,5-30H2,1-4H3,(H2-,38,39,40,41,42,43). The van der Waals surface area contributed by atoms with Crippen molar-refractivity contribution < 1.29 is 34.2 Å². The third kappa shape index (κ3) is 23.4. The minimum atomic E-state index is -1.18. The largest absolute Gasteiger partial charge is 0.550 e. The van der Waals surface area contributed by atoms with Gasteiger partial charge < -0.3 is 24.6 Å². The smallest absolute Gasteiger partial charge is 0.311 e. The predicted octanol–water partition coefficient (Wildman–Crippen LogP) is 8.23. The Morgan fingerprint density at radius 2 is 0.744 bits per heavy atom. The quantitative estimate of drug-likeness (QED) is 0.0585. The third-order valence-corrected chi connectivity index (χ3v) is 9.21. The van der Waals surface area contributed by atoms with Crippen molar-refractivity contribution in [3.8, 4) is 0 Å². The maximum absolute atomic E-state index is 11.6. The summed E-state index contributed by atoms with van der Waals surface area (Å²) < 4.78 is 0.190. The summed E-state index contributed by atoms with van der Waals surface area (Å²) in [4.78, 5) is 34.8. The van der Waals surface area contributed by atoms with Crippen LogP contribution in [0.1, 0.15) is 169 Å². The Hall–Kier alpha value is -1.63. The molecule has 0 aliphatic carbocycles. The zero-order valence-corrected chi connectivity index (χ0v) is 28.6. The van der Waals surface area contributed by atoms with Gasteiger partial charge in [-0.1, -0.05) is 142 Å². The van der Waals surface area contributed by atoms with Crippen molar-refractivity contribution in [2.75, 3.05) is 26.2 Å². The van der Waals surface area contributed by atoms with E-state index in [0.717, 1.165) is 19.3 Å². The molecule has 0 rings (SSSR count). The number of hydrogen-bond donors (Lipinski definition) is 2. The molecule has 0 aromatic carbocycles. The highest BCUT2D eigenvalue weighted by Gasteiger charge is 2.36.